The summed E-state index contributed by atoms with van der Waals surface area (Å²) in [5, 5.41) is 0. The summed E-state index contributed by atoms with van der Waals surface area (Å²) < 4.78 is 6.37. The number of hydrogen-bond donors (Lipinski definition) is 0. The zero-order chi connectivity index (χ0) is 20.3. The van der Waals surface area contributed by atoms with Gasteiger partial charge in [0.05, 0.1) is 6.61 Å². The quantitative estimate of drug-likeness (QED) is 0.505. The van der Waals surface area contributed by atoms with Gasteiger partial charge >= 0.3 is 0 Å². The van der Waals surface area contributed by atoms with E-state index in [0.29, 0.717) is 6.23 Å². The van der Waals surface area contributed by atoms with Crippen LogP contribution in [0.15, 0.2) is 0 Å². The molecule has 3 rings (SSSR count). The number of rotatable bonds is 9. The van der Waals surface area contributed by atoms with E-state index >= 15 is 0 Å². The molecule has 0 saturated carbocycles. The summed E-state index contributed by atoms with van der Waals surface area (Å²) in [5.41, 5.74) is 0. The van der Waals surface area contributed by atoms with Gasteiger partial charge in [-0.3, -0.25) is 4.90 Å². The minimum absolute atomic E-state index is 0.391. The summed E-state index contributed by atoms with van der Waals surface area (Å²) in [6, 6.07) is 1.58. The van der Waals surface area contributed by atoms with Gasteiger partial charge in [-0.25, -0.2) is 0 Å². The lowest BCUT2D eigenvalue weighted by atomic mass is 9.95. The Morgan fingerprint density at radius 1 is 0.821 bits per heavy atom. The van der Waals surface area contributed by atoms with Crippen LogP contribution < -0.4 is 0 Å². The fourth-order valence-corrected chi connectivity index (χ4v) is 6.31. The van der Waals surface area contributed by atoms with Crippen LogP contribution in [0.25, 0.3) is 0 Å². The smallest absolute Gasteiger partial charge is 0.111 e. The minimum atomic E-state index is 0.391. The number of likely N-dealkylation sites (tertiary alicyclic amines) is 2. The monoisotopic (exact) mass is 392 g/mol. The second-order valence-corrected chi connectivity index (χ2v) is 11.5. The SMILES string of the molecule is CC(C)CC1COC(N2CC(CN3CCCC3CC(C)C)CC2CC(C)C)C1. The van der Waals surface area contributed by atoms with Crippen LogP contribution in [-0.2, 0) is 4.74 Å². The molecular formula is C25H48N2O. The normalized spacial score (nSPS) is 35.2. The summed E-state index contributed by atoms with van der Waals surface area (Å²) in [7, 11) is 0. The molecule has 0 spiro atoms. The van der Waals surface area contributed by atoms with Gasteiger partial charge in [0, 0.05) is 25.2 Å². The largest absolute Gasteiger partial charge is 0.363 e. The molecule has 5 atom stereocenters. The van der Waals surface area contributed by atoms with Crippen molar-refractivity contribution in [1.82, 2.24) is 9.80 Å². The number of nitrogens with zero attached hydrogens (tertiary/aromatic N) is 2. The van der Waals surface area contributed by atoms with Gasteiger partial charge in [0.1, 0.15) is 6.23 Å². The van der Waals surface area contributed by atoms with Gasteiger partial charge < -0.3 is 9.64 Å². The van der Waals surface area contributed by atoms with E-state index in [2.05, 4.69) is 51.3 Å². The van der Waals surface area contributed by atoms with Crippen molar-refractivity contribution in [3.8, 4) is 0 Å². The van der Waals surface area contributed by atoms with Crippen molar-refractivity contribution in [1.29, 1.82) is 0 Å². The molecule has 3 fully saturated rings. The zero-order valence-electron chi connectivity index (χ0n) is 19.7. The third-order valence-electron chi connectivity index (χ3n) is 7.26. The van der Waals surface area contributed by atoms with Crippen molar-refractivity contribution in [3.63, 3.8) is 0 Å². The van der Waals surface area contributed by atoms with Gasteiger partial charge in [-0.1, -0.05) is 41.5 Å². The van der Waals surface area contributed by atoms with Crippen LogP contribution in [0.3, 0.4) is 0 Å². The van der Waals surface area contributed by atoms with Gasteiger partial charge in [-0.15, -0.1) is 0 Å². The lowest BCUT2D eigenvalue weighted by molar-refractivity contribution is -0.0324. The van der Waals surface area contributed by atoms with Crippen molar-refractivity contribution in [3.05, 3.63) is 0 Å². The predicted molar refractivity (Wildman–Crippen MR) is 119 cm³/mol. The van der Waals surface area contributed by atoms with Crippen molar-refractivity contribution in [2.45, 2.75) is 105 Å². The Balaban J connectivity index is 1.58. The first-order valence-corrected chi connectivity index (χ1v) is 12.4. The number of hydrogen-bond acceptors (Lipinski definition) is 3. The molecule has 3 nitrogen and oxygen atoms in total. The molecule has 0 radical (unpaired) electrons. The second-order valence-electron chi connectivity index (χ2n) is 11.5. The Hall–Kier alpha value is -0.120. The third kappa shape index (κ3) is 6.19. The van der Waals surface area contributed by atoms with Crippen molar-refractivity contribution in [2.75, 3.05) is 26.2 Å². The first kappa shape index (κ1) is 22.6. The number of ether oxygens (including phenoxy) is 1. The molecule has 5 unspecified atom stereocenters. The van der Waals surface area contributed by atoms with E-state index in [9.17, 15) is 0 Å². The second kappa shape index (κ2) is 10.3. The first-order valence-electron chi connectivity index (χ1n) is 12.4. The van der Waals surface area contributed by atoms with Crippen LogP contribution in [0.1, 0.15) is 86.5 Å². The van der Waals surface area contributed by atoms with Gasteiger partial charge in [-0.05, 0) is 81.1 Å². The predicted octanol–water partition coefficient (Wildman–Crippen LogP) is 5.64. The van der Waals surface area contributed by atoms with E-state index in [4.69, 9.17) is 4.74 Å². The van der Waals surface area contributed by atoms with Crippen LogP contribution >= 0.6 is 0 Å². The zero-order valence-corrected chi connectivity index (χ0v) is 19.7. The Kier molecular flexibility index (Phi) is 8.27. The Labute approximate surface area is 175 Å². The van der Waals surface area contributed by atoms with Crippen molar-refractivity contribution >= 4 is 0 Å². The molecule has 3 saturated heterocycles. The molecule has 3 aliphatic heterocycles. The molecule has 28 heavy (non-hydrogen) atoms. The molecule has 3 aliphatic rings. The van der Waals surface area contributed by atoms with Crippen LogP contribution in [0.2, 0.25) is 0 Å². The molecule has 0 amide bonds. The van der Waals surface area contributed by atoms with E-state index in [0.717, 1.165) is 48.3 Å². The Morgan fingerprint density at radius 3 is 2.18 bits per heavy atom. The maximum atomic E-state index is 6.37. The summed E-state index contributed by atoms with van der Waals surface area (Å²) in [6.45, 7) is 19.2. The summed E-state index contributed by atoms with van der Waals surface area (Å²) >= 11 is 0. The van der Waals surface area contributed by atoms with Gasteiger partial charge in [0.2, 0.25) is 0 Å². The van der Waals surface area contributed by atoms with Gasteiger partial charge in [0.15, 0.2) is 0 Å². The highest BCUT2D eigenvalue weighted by Crippen LogP contribution is 2.37. The molecule has 0 aliphatic carbocycles. The first-order chi connectivity index (χ1) is 13.3. The highest BCUT2D eigenvalue weighted by atomic mass is 16.5. The lowest BCUT2D eigenvalue weighted by Crippen LogP contribution is -2.40. The third-order valence-corrected chi connectivity index (χ3v) is 7.26. The average molecular weight is 393 g/mol. The highest BCUT2D eigenvalue weighted by Gasteiger charge is 2.41. The molecule has 0 aromatic carbocycles. The van der Waals surface area contributed by atoms with Gasteiger partial charge in [0.25, 0.3) is 0 Å². The molecule has 0 N–H and O–H groups in total. The fraction of sp³-hybridized carbons (Fsp3) is 1.00. The van der Waals surface area contributed by atoms with Crippen LogP contribution in [0.5, 0.6) is 0 Å². The molecule has 0 bridgehead atoms. The van der Waals surface area contributed by atoms with E-state index in [-0.39, 0.29) is 0 Å². The topological polar surface area (TPSA) is 15.7 Å². The van der Waals surface area contributed by atoms with E-state index in [1.54, 1.807) is 0 Å². The van der Waals surface area contributed by atoms with Crippen molar-refractivity contribution < 1.29 is 4.74 Å². The lowest BCUT2D eigenvalue weighted by Gasteiger charge is -2.31. The van der Waals surface area contributed by atoms with E-state index < -0.39 is 0 Å². The standard InChI is InChI=1S/C25H48N2O/c1-18(2)10-21-14-25(28-17-21)27-16-22(13-24(27)12-20(5)6)15-26-9-7-8-23(26)11-19(3)4/h18-25H,7-17H2,1-6H3. The van der Waals surface area contributed by atoms with Crippen LogP contribution in [0.4, 0.5) is 0 Å². The van der Waals surface area contributed by atoms with Crippen LogP contribution in [-0.4, -0.2) is 54.4 Å². The Bertz CT molecular complexity index is 463. The van der Waals surface area contributed by atoms with Crippen molar-refractivity contribution in [2.24, 2.45) is 29.6 Å². The fourth-order valence-electron chi connectivity index (χ4n) is 6.31. The average Bonchev–Trinajstić information content (AvgIpc) is 3.28. The summed E-state index contributed by atoms with van der Waals surface area (Å²) in [6.07, 6.45) is 9.92. The van der Waals surface area contributed by atoms with Crippen LogP contribution in [0, 0.1) is 29.6 Å². The highest BCUT2D eigenvalue weighted by molar-refractivity contribution is 4.92. The maximum absolute atomic E-state index is 6.37. The Morgan fingerprint density at radius 2 is 1.50 bits per heavy atom. The summed E-state index contributed by atoms with van der Waals surface area (Å²) in [4.78, 5) is 5.64. The van der Waals surface area contributed by atoms with Gasteiger partial charge in [-0.2, -0.15) is 0 Å². The molecular weight excluding hydrogens is 344 g/mol. The summed E-state index contributed by atoms with van der Waals surface area (Å²) in [5.74, 6) is 4.00. The molecule has 3 heteroatoms. The molecule has 3 heterocycles. The molecule has 0 aromatic rings. The molecule has 0 aromatic heterocycles. The van der Waals surface area contributed by atoms with E-state index in [1.165, 1.54) is 64.6 Å². The maximum Gasteiger partial charge on any atom is 0.111 e. The van der Waals surface area contributed by atoms with E-state index in [1.807, 2.05) is 0 Å². The minimum Gasteiger partial charge on any atom is -0.363 e. The molecule has 164 valence electrons.